The minimum absolute atomic E-state index is 0.103. The van der Waals surface area contributed by atoms with Gasteiger partial charge in [0.2, 0.25) is 5.91 Å². The van der Waals surface area contributed by atoms with Crippen LogP contribution >= 0.6 is 11.6 Å². The predicted octanol–water partition coefficient (Wildman–Crippen LogP) is 2.23. The first-order valence-electron chi connectivity index (χ1n) is 5.40. The Balaban J connectivity index is 1.94. The molecule has 0 radical (unpaired) electrons. The molecule has 86 valence electrons. The maximum absolute atomic E-state index is 11.9. The number of carbonyl (C=O) groups excluding carboxylic acids is 1. The third-order valence-corrected chi connectivity index (χ3v) is 3.13. The fraction of sp³-hybridized carbons (Fsp3) is 0.417. The van der Waals surface area contributed by atoms with Crippen molar-refractivity contribution in [2.24, 2.45) is 5.92 Å². The number of hydrogen-bond donors (Lipinski definition) is 1. The summed E-state index contributed by atoms with van der Waals surface area (Å²) in [4.78, 5) is 14.0. The number of nitrogens with zero attached hydrogens (tertiary/aromatic N) is 1. The smallest absolute Gasteiger partial charge is 0.228 e. The Labute approximate surface area is 100 Å². The van der Waals surface area contributed by atoms with Crippen molar-refractivity contribution in [2.45, 2.75) is 6.42 Å². The van der Waals surface area contributed by atoms with E-state index in [1.165, 1.54) is 0 Å². The maximum atomic E-state index is 11.9. The van der Waals surface area contributed by atoms with Crippen molar-refractivity contribution >= 4 is 23.2 Å². The molecule has 0 aromatic heterocycles. The predicted molar refractivity (Wildman–Crippen MR) is 65.7 cm³/mol. The summed E-state index contributed by atoms with van der Waals surface area (Å²) in [5.41, 5.74) is 0.809. The summed E-state index contributed by atoms with van der Waals surface area (Å²) >= 11 is 5.78. The number of nitrogens with one attached hydrogen (secondary N) is 1. The summed E-state index contributed by atoms with van der Waals surface area (Å²) in [5.74, 6) is 0.215. The Morgan fingerprint density at radius 1 is 1.44 bits per heavy atom. The van der Waals surface area contributed by atoms with E-state index >= 15 is 0 Å². The van der Waals surface area contributed by atoms with Crippen LogP contribution in [0.15, 0.2) is 24.3 Å². The van der Waals surface area contributed by atoms with Crippen LogP contribution in [0, 0.1) is 5.92 Å². The summed E-state index contributed by atoms with van der Waals surface area (Å²) in [6.45, 7) is 1.85. The number of likely N-dealkylation sites (tertiary alicyclic amines) is 1. The molecule has 0 bridgehead atoms. The van der Waals surface area contributed by atoms with Crippen LogP contribution in [-0.4, -0.2) is 30.9 Å². The normalized spacial score (nSPS) is 21.0. The second-order valence-corrected chi connectivity index (χ2v) is 4.68. The van der Waals surface area contributed by atoms with Crippen LogP contribution in [0.5, 0.6) is 0 Å². The van der Waals surface area contributed by atoms with Crippen molar-refractivity contribution in [2.75, 3.05) is 25.5 Å². The Kier molecular flexibility index (Phi) is 3.46. The lowest BCUT2D eigenvalue weighted by Crippen LogP contribution is -2.25. The van der Waals surface area contributed by atoms with Crippen molar-refractivity contribution in [3.05, 3.63) is 29.3 Å². The molecule has 0 spiro atoms. The van der Waals surface area contributed by atoms with Gasteiger partial charge in [0.15, 0.2) is 0 Å². The fourth-order valence-corrected chi connectivity index (χ4v) is 2.05. The Morgan fingerprint density at radius 2 is 2.12 bits per heavy atom. The first-order valence-corrected chi connectivity index (χ1v) is 5.78. The van der Waals surface area contributed by atoms with Crippen molar-refractivity contribution < 1.29 is 4.79 Å². The molecule has 1 saturated heterocycles. The third kappa shape index (κ3) is 2.74. The molecule has 0 saturated carbocycles. The standard InChI is InChI=1S/C12H15ClN2O/c1-15-7-6-9(8-15)12(16)14-11-4-2-10(13)3-5-11/h2-5,9H,6-8H2,1H3,(H,14,16). The first-order chi connectivity index (χ1) is 7.65. The molecular weight excluding hydrogens is 224 g/mol. The number of hydrogen-bond acceptors (Lipinski definition) is 2. The molecule has 1 aromatic carbocycles. The Bertz CT molecular complexity index is 377. The molecule has 1 amide bonds. The minimum Gasteiger partial charge on any atom is -0.326 e. The number of halogens is 1. The van der Waals surface area contributed by atoms with E-state index in [0.717, 1.165) is 25.2 Å². The van der Waals surface area contributed by atoms with Gasteiger partial charge in [-0.1, -0.05) is 11.6 Å². The molecule has 1 N–H and O–H groups in total. The van der Waals surface area contributed by atoms with E-state index in [-0.39, 0.29) is 11.8 Å². The van der Waals surface area contributed by atoms with Gasteiger partial charge in [0.05, 0.1) is 5.92 Å². The second-order valence-electron chi connectivity index (χ2n) is 4.24. The zero-order valence-electron chi connectivity index (χ0n) is 9.24. The van der Waals surface area contributed by atoms with E-state index in [9.17, 15) is 4.79 Å². The lowest BCUT2D eigenvalue weighted by Gasteiger charge is -2.11. The third-order valence-electron chi connectivity index (χ3n) is 2.87. The molecule has 4 heteroatoms. The van der Waals surface area contributed by atoms with Gasteiger partial charge in [0.25, 0.3) is 0 Å². The van der Waals surface area contributed by atoms with Crippen LogP contribution in [0.25, 0.3) is 0 Å². The lowest BCUT2D eigenvalue weighted by atomic mass is 10.1. The van der Waals surface area contributed by atoms with E-state index in [2.05, 4.69) is 10.2 Å². The zero-order valence-corrected chi connectivity index (χ0v) is 10.00. The highest BCUT2D eigenvalue weighted by Crippen LogP contribution is 2.18. The molecule has 1 unspecified atom stereocenters. The van der Waals surface area contributed by atoms with Gasteiger partial charge in [-0.3, -0.25) is 4.79 Å². The van der Waals surface area contributed by atoms with Crippen molar-refractivity contribution in [3.8, 4) is 0 Å². The van der Waals surface area contributed by atoms with Crippen LogP contribution in [0.1, 0.15) is 6.42 Å². The molecule has 16 heavy (non-hydrogen) atoms. The lowest BCUT2D eigenvalue weighted by molar-refractivity contribution is -0.119. The monoisotopic (exact) mass is 238 g/mol. The summed E-state index contributed by atoms with van der Waals surface area (Å²) in [6, 6.07) is 7.19. The van der Waals surface area contributed by atoms with Crippen molar-refractivity contribution in [1.82, 2.24) is 4.90 Å². The average molecular weight is 239 g/mol. The molecule has 1 aromatic rings. The van der Waals surface area contributed by atoms with E-state index in [1.54, 1.807) is 12.1 Å². The summed E-state index contributed by atoms with van der Waals surface area (Å²) in [7, 11) is 2.04. The van der Waals surface area contributed by atoms with Gasteiger partial charge in [-0.05, 0) is 44.3 Å². The minimum atomic E-state index is 0.103. The van der Waals surface area contributed by atoms with Gasteiger partial charge >= 0.3 is 0 Å². The number of anilines is 1. The van der Waals surface area contributed by atoms with Crippen LogP contribution in [0.4, 0.5) is 5.69 Å². The Hall–Kier alpha value is -1.06. The zero-order chi connectivity index (χ0) is 11.5. The largest absolute Gasteiger partial charge is 0.326 e. The van der Waals surface area contributed by atoms with Crippen molar-refractivity contribution in [3.63, 3.8) is 0 Å². The molecule has 1 aliphatic heterocycles. The quantitative estimate of drug-likeness (QED) is 0.857. The summed E-state index contributed by atoms with van der Waals surface area (Å²) < 4.78 is 0. The highest BCUT2D eigenvalue weighted by Gasteiger charge is 2.25. The van der Waals surface area contributed by atoms with Gasteiger partial charge in [0, 0.05) is 17.3 Å². The molecule has 2 rings (SSSR count). The van der Waals surface area contributed by atoms with Gasteiger partial charge in [-0.2, -0.15) is 0 Å². The maximum Gasteiger partial charge on any atom is 0.228 e. The first kappa shape index (κ1) is 11.4. The van der Waals surface area contributed by atoms with E-state index in [1.807, 2.05) is 19.2 Å². The summed E-state index contributed by atoms with van der Waals surface area (Å²) in [5, 5.41) is 3.59. The molecule has 0 aliphatic carbocycles. The SMILES string of the molecule is CN1CCC(C(=O)Nc2ccc(Cl)cc2)C1. The second kappa shape index (κ2) is 4.85. The van der Waals surface area contributed by atoms with Crippen molar-refractivity contribution in [1.29, 1.82) is 0 Å². The molecule has 1 atom stereocenters. The highest BCUT2D eigenvalue weighted by molar-refractivity contribution is 6.30. The number of benzene rings is 1. The van der Waals surface area contributed by atoms with Gasteiger partial charge in [-0.25, -0.2) is 0 Å². The molecular formula is C12H15ClN2O. The topological polar surface area (TPSA) is 32.3 Å². The number of carbonyl (C=O) groups is 1. The molecule has 1 fully saturated rings. The fourth-order valence-electron chi connectivity index (χ4n) is 1.93. The average Bonchev–Trinajstić information content (AvgIpc) is 2.68. The van der Waals surface area contributed by atoms with Crippen LogP contribution in [-0.2, 0) is 4.79 Å². The van der Waals surface area contributed by atoms with Gasteiger partial charge in [-0.15, -0.1) is 0 Å². The van der Waals surface area contributed by atoms with Crippen LogP contribution in [0.2, 0.25) is 5.02 Å². The van der Waals surface area contributed by atoms with E-state index < -0.39 is 0 Å². The van der Waals surface area contributed by atoms with Crippen LogP contribution < -0.4 is 5.32 Å². The molecule has 1 heterocycles. The Morgan fingerprint density at radius 3 is 2.69 bits per heavy atom. The molecule has 1 aliphatic rings. The van der Waals surface area contributed by atoms with E-state index in [0.29, 0.717) is 5.02 Å². The van der Waals surface area contributed by atoms with E-state index in [4.69, 9.17) is 11.6 Å². The number of amides is 1. The van der Waals surface area contributed by atoms with Crippen LogP contribution in [0.3, 0.4) is 0 Å². The molecule has 3 nitrogen and oxygen atoms in total. The highest BCUT2D eigenvalue weighted by atomic mass is 35.5. The summed E-state index contributed by atoms with van der Waals surface area (Å²) in [6.07, 6.45) is 0.940. The van der Waals surface area contributed by atoms with Gasteiger partial charge in [0.1, 0.15) is 0 Å². The number of rotatable bonds is 2. The van der Waals surface area contributed by atoms with Gasteiger partial charge < -0.3 is 10.2 Å².